The van der Waals surface area contributed by atoms with Gasteiger partial charge in [0.05, 0.1) is 37.4 Å². The molecule has 0 unspecified atom stereocenters. The SMILES string of the molecule is CCNC(=O)NCCOCCOCCNS(=O)(=O)c1ccc(O[C@H]2c3cc(Cl)cc(Cl)c3C[C@@H]2N2CC3CCC2CC3)cc1. The quantitative estimate of drug-likeness (QED) is 0.239. The predicted molar refractivity (Wildman–Crippen MR) is 170 cm³/mol. The van der Waals surface area contributed by atoms with Gasteiger partial charge in [-0.15, -0.1) is 0 Å². The van der Waals surface area contributed by atoms with Gasteiger partial charge in [-0.25, -0.2) is 17.9 Å². The first-order valence-corrected chi connectivity index (χ1v) is 17.7. The van der Waals surface area contributed by atoms with Crippen LogP contribution in [0.1, 0.15) is 49.8 Å². The third kappa shape index (κ3) is 8.37. The normalized spacial score (nSPS) is 23.0. The summed E-state index contributed by atoms with van der Waals surface area (Å²) in [5.74, 6) is 1.32. The van der Waals surface area contributed by atoms with Crippen LogP contribution in [0.2, 0.25) is 10.0 Å². The van der Waals surface area contributed by atoms with Crippen LogP contribution in [-0.2, 0) is 25.9 Å². The van der Waals surface area contributed by atoms with E-state index in [1.54, 1.807) is 30.3 Å². The summed E-state index contributed by atoms with van der Waals surface area (Å²) in [6.45, 7) is 5.22. The minimum atomic E-state index is -3.72. The monoisotopic (exact) mass is 668 g/mol. The van der Waals surface area contributed by atoms with Crippen molar-refractivity contribution in [3.63, 3.8) is 0 Å². The zero-order chi connectivity index (χ0) is 31.1. The second kappa shape index (κ2) is 15.4. The summed E-state index contributed by atoms with van der Waals surface area (Å²) in [6, 6.07) is 10.7. The predicted octanol–water partition coefficient (Wildman–Crippen LogP) is 4.54. The van der Waals surface area contributed by atoms with E-state index in [0.29, 0.717) is 54.7 Å². The van der Waals surface area contributed by atoms with E-state index in [2.05, 4.69) is 20.3 Å². The highest BCUT2D eigenvalue weighted by Gasteiger charge is 2.45. The number of halogens is 2. The lowest BCUT2D eigenvalue weighted by molar-refractivity contribution is -0.0228. The lowest BCUT2D eigenvalue weighted by atomic mass is 9.79. The van der Waals surface area contributed by atoms with Gasteiger partial charge in [0.2, 0.25) is 10.0 Å². The second-order valence-electron chi connectivity index (χ2n) is 11.5. The van der Waals surface area contributed by atoms with Gasteiger partial charge in [0.1, 0.15) is 11.9 Å². The fourth-order valence-corrected chi connectivity index (χ4v) is 8.12. The maximum atomic E-state index is 12.9. The van der Waals surface area contributed by atoms with Crippen LogP contribution in [0.25, 0.3) is 0 Å². The van der Waals surface area contributed by atoms with E-state index >= 15 is 0 Å². The van der Waals surface area contributed by atoms with Gasteiger partial charge in [0, 0.05) is 47.8 Å². The van der Waals surface area contributed by atoms with Gasteiger partial charge < -0.3 is 24.8 Å². The summed E-state index contributed by atoms with van der Waals surface area (Å²) in [5, 5.41) is 6.55. The van der Waals surface area contributed by atoms with Gasteiger partial charge in [-0.05, 0) is 86.9 Å². The first-order chi connectivity index (χ1) is 21.2. The molecule has 0 aromatic heterocycles. The number of amides is 2. The molecular formula is C31H42Cl2N4O6S. The number of benzene rings is 2. The van der Waals surface area contributed by atoms with Gasteiger partial charge >= 0.3 is 6.03 Å². The van der Waals surface area contributed by atoms with Crippen LogP contribution < -0.4 is 20.1 Å². The van der Waals surface area contributed by atoms with Crippen molar-refractivity contribution < 1.29 is 27.4 Å². The van der Waals surface area contributed by atoms with Crippen LogP contribution in [0, 0.1) is 5.92 Å². The Morgan fingerprint density at radius 3 is 2.32 bits per heavy atom. The Morgan fingerprint density at radius 2 is 1.66 bits per heavy atom. The molecule has 10 nitrogen and oxygen atoms in total. The van der Waals surface area contributed by atoms with Crippen molar-refractivity contribution in [1.82, 2.24) is 20.3 Å². The number of hydrogen-bond donors (Lipinski definition) is 3. The lowest BCUT2D eigenvalue weighted by Gasteiger charge is -2.49. The average molecular weight is 670 g/mol. The summed E-state index contributed by atoms with van der Waals surface area (Å²) >= 11 is 13.1. The van der Waals surface area contributed by atoms with Crippen molar-refractivity contribution in [3.8, 4) is 5.75 Å². The summed E-state index contributed by atoms with van der Waals surface area (Å²) in [7, 11) is -3.72. The Bertz CT molecular complexity index is 1370. The average Bonchev–Trinajstić information content (AvgIpc) is 3.37. The number of nitrogens with zero attached hydrogens (tertiary/aromatic N) is 1. The number of carbonyl (C=O) groups is 1. The third-order valence-corrected chi connectivity index (χ3v) is 10.7. The van der Waals surface area contributed by atoms with Gasteiger partial charge in [0.25, 0.3) is 0 Å². The lowest BCUT2D eigenvalue weighted by Crippen LogP contribution is -2.54. The number of hydrogen-bond acceptors (Lipinski definition) is 7. The van der Waals surface area contributed by atoms with Crippen molar-refractivity contribution in [2.75, 3.05) is 52.6 Å². The fourth-order valence-electron chi connectivity index (χ4n) is 6.52. The standard InChI is InChI=1S/C31H42Cl2N4O6S/c1-2-34-31(38)35-11-13-41-15-16-42-14-12-36-44(39,40)25-9-7-24(8-10-25)43-30-27-17-22(32)18-28(33)26(27)19-29(30)37-20-21-3-5-23(37)6-4-21/h7-10,17-18,21,23,29-30,36H,2-6,11-16,19-20H2,1H3,(H2,34,35,38)/t21?,23?,29-,30-/m0/s1. The molecule has 3 fully saturated rings. The Morgan fingerprint density at radius 1 is 0.955 bits per heavy atom. The molecule has 3 N–H and O–H groups in total. The summed E-state index contributed by atoms with van der Waals surface area (Å²) in [5.41, 5.74) is 2.09. The second-order valence-corrected chi connectivity index (χ2v) is 14.1. The van der Waals surface area contributed by atoms with E-state index in [4.69, 9.17) is 37.4 Å². The molecule has 44 heavy (non-hydrogen) atoms. The summed E-state index contributed by atoms with van der Waals surface area (Å²) in [6.07, 6.45) is 5.58. The minimum Gasteiger partial charge on any atom is -0.484 e. The number of carbonyl (C=O) groups excluding carboxylic acids is 1. The maximum Gasteiger partial charge on any atom is 0.314 e. The number of ether oxygens (including phenoxy) is 3. The number of rotatable bonds is 15. The first kappa shape index (κ1) is 33.2. The largest absolute Gasteiger partial charge is 0.484 e. The topological polar surface area (TPSA) is 118 Å². The highest BCUT2D eigenvalue weighted by Crippen LogP contribution is 2.46. The number of urea groups is 1. The number of sulfonamides is 1. The highest BCUT2D eigenvalue weighted by atomic mass is 35.5. The molecule has 2 heterocycles. The Balaban J connectivity index is 1.11. The van der Waals surface area contributed by atoms with Crippen LogP contribution in [0.5, 0.6) is 5.75 Å². The van der Waals surface area contributed by atoms with E-state index in [1.807, 2.05) is 13.0 Å². The van der Waals surface area contributed by atoms with Gasteiger partial charge in [0.15, 0.2) is 0 Å². The van der Waals surface area contributed by atoms with Crippen molar-refractivity contribution >= 4 is 39.3 Å². The molecule has 2 aromatic rings. The number of nitrogens with one attached hydrogen (secondary N) is 3. The molecular weight excluding hydrogens is 627 g/mol. The van der Waals surface area contributed by atoms with Crippen LogP contribution in [0.15, 0.2) is 41.3 Å². The smallest absolute Gasteiger partial charge is 0.314 e. The van der Waals surface area contributed by atoms with E-state index in [0.717, 1.165) is 30.0 Å². The maximum absolute atomic E-state index is 12.9. The molecule has 2 amide bonds. The molecule has 6 rings (SSSR count). The molecule has 2 saturated heterocycles. The number of piperidine rings is 2. The number of fused-ring (bicyclic) bond motifs is 4. The molecule has 0 radical (unpaired) electrons. The summed E-state index contributed by atoms with van der Waals surface area (Å²) < 4.78 is 45.7. The van der Waals surface area contributed by atoms with Crippen molar-refractivity contribution in [2.45, 2.75) is 62.1 Å². The molecule has 0 spiro atoms. The van der Waals surface area contributed by atoms with Gasteiger partial charge in [-0.3, -0.25) is 4.90 Å². The Labute approximate surface area is 270 Å². The van der Waals surface area contributed by atoms with E-state index in [9.17, 15) is 13.2 Å². The summed E-state index contributed by atoms with van der Waals surface area (Å²) in [4.78, 5) is 14.1. The minimum absolute atomic E-state index is 0.124. The zero-order valence-corrected chi connectivity index (χ0v) is 27.4. The highest BCUT2D eigenvalue weighted by molar-refractivity contribution is 7.89. The zero-order valence-electron chi connectivity index (χ0n) is 25.0. The van der Waals surface area contributed by atoms with Gasteiger partial charge in [-0.1, -0.05) is 23.2 Å². The van der Waals surface area contributed by atoms with Crippen LogP contribution in [-0.4, -0.2) is 84.0 Å². The van der Waals surface area contributed by atoms with E-state index in [1.165, 1.54) is 25.7 Å². The van der Waals surface area contributed by atoms with Gasteiger partial charge in [-0.2, -0.15) is 0 Å². The Kier molecular flexibility index (Phi) is 11.7. The molecule has 2 bridgehead atoms. The molecule has 4 aliphatic rings. The fraction of sp³-hybridized carbons (Fsp3) is 0.581. The molecule has 2 aliphatic heterocycles. The third-order valence-electron chi connectivity index (χ3n) is 8.62. The molecule has 2 aromatic carbocycles. The van der Waals surface area contributed by atoms with Crippen LogP contribution >= 0.6 is 23.2 Å². The van der Waals surface area contributed by atoms with Crippen LogP contribution in [0.3, 0.4) is 0 Å². The van der Waals surface area contributed by atoms with Crippen molar-refractivity contribution in [2.24, 2.45) is 5.92 Å². The van der Waals surface area contributed by atoms with Crippen LogP contribution in [0.4, 0.5) is 4.79 Å². The molecule has 2 aliphatic carbocycles. The first-order valence-electron chi connectivity index (χ1n) is 15.4. The van der Waals surface area contributed by atoms with Crippen molar-refractivity contribution in [1.29, 1.82) is 0 Å². The molecule has 13 heteroatoms. The molecule has 2 atom stereocenters. The molecule has 1 saturated carbocycles. The van der Waals surface area contributed by atoms with Crippen molar-refractivity contribution in [3.05, 3.63) is 57.6 Å². The Hall–Kier alpha value is -2.12. The van der Waals surface area contributed by atoms with E-state index in [-0.39, 0.29) is 36.2 Å². The van der Waals surface area contributed by atoms with E-state index < -0.39 is 10.0 Å². The molecule has 242 valence electrons.